The van der Waals surface area contributed by atoms with Crippen LogP contribution in [0.25, 0.3) is 0 Å². The fourth-order valence-corrected chi connectivity index (χ4v) is 2.62. The zero-order valence-electron chi connectivity index (χ0n) is 25.1. The molecule has 1 aromatic rings. The Morgan fingerprint density at radius 1 is 0.795 bits per heavy atom. The van der Waals surface area contributed by atoms with E-state index in [2.05, 4.69) is 0 Å². The van der Waals surface area contributed by atoms with Crippen molar-refractivity contribution in [1.29, 1.82) is 0 Å². The molecule has 1 aromatic carbocycles. The molecule has 0 aromatic heterocycles. The molecule has 10 nitrogen and oxygen atoms in total. The van der Waals surface area contributed by atoms with Crippen LogP contribution in [-0.2, 0) is 35.0 Å². The van der Waals surface area contributed by atoms with Gasteiger partial charge in [0.15, 0.2) is 11.5 Å². The summed E-state index contributed by atoms with van der Waals surface area (Å²) >= 11 is 0. The lowest BCUT2D eigenvalue weighted by Gasteiger charge is -2.26. The van der Waals surface area contributed by atoms with Crippen molar-refractivity contribution in [2.45, 2.75) is 113 Å². The molecule has 3 atom stereocenters. The fourth-order valence-electron chi connectivity index (χ4n) is 2.62. The third-order valence-electron chi connectivity index (χ3n) is 5.85. The molecule has 0 radical (unpaired) electrons. The number of hydrogen-bond donors (Lipinski definition) is 1. The van der Waals surface area contributed by atoms with Crippen LogP contribution in [-0.4, -0.2) is 47.9 Å². The van der Waals surface area contributed by atoms with Gasteiger partial charge in [0.25, 0.3) is 0 Å². The molecule has 10 heteroatoms. The third-order valence-corrected chi connectivity index (χ3v) is 5.85. The van der Waals surface area contributed by atoms with Crippen LogP contribution in [0.5, 0.6) is 11.5 Å². The van der Waals surface area contributed by atoms with E-state index < -0.39 is 58.7 Å². The summed E-state index contributed by atoms with van der Waals surface area (Å²) in [6.07, 6.45) is -1.77. The maximum Gasteiger partial charge on any atom is 0.509 e. The van der Waals surface area contributed by atoms with Crippen molar-refractivity contribution in [3.8, 4) is 11.5 Å². The van der Waals surface area contributed by atoms with Gasteiger partial charge in [0.2, 0.25) is 0 Å². The van der Waals surface area contributed by atoms with E-state index >= 15 is 0 Å². The monoisotopic (exact) mass is 551 g/mol. The first-order chi connectivity index (χ1) is 17.7. The summed E-state index contributed by atoms with van der Waals surface area (Å²) in [6, 6.07) is 3.54. The Labute approximate surface area is 231 Å². The van der Waals surface area contributed by atoms with Crippen LogP contribution < -0.4 is 15.2 Å². The molecule has 220 valence electrons. The molecule has 0 aliphatic carbocycles. The number of carbonyl (C=O) groups is 4. The van der Waals surface area contributed by atoms with Crippen molar-refractivity contribution in [2.75, 3.05) is 0 Å². The first-order valence-electron chi connectivity index (χ1n) is 13.1. The van der Waals surface area contributed by atoms with Crippen molar-refractivity contribution in [2.24, 2.45) is 16.6 Å². The number of esters is 3. The van der Waals surface area contributed by atoms with Crippen LogP contribution in [0.15, 0.2) is 18.2 Å². The molecule has 0 saturated carbocycles. The number of ether oxygens (including phenoxy) is 5. The SMILES string of the molecule is CCC(C)(C)OC(=O)O[C@@H](C)[C@H](C)OC(=O)[C@@H](N)Cc1ccc(OC(=O)C(C)(C)C)c(OC(=O)C(C)(C)C)c1. The Balaban J connectivity index is 2.96. The summed E-state index contributed by atoms with van der Waals surface area (Å²) in [5.74, 6) is -1.63. The maximum atomic E-state index is 12.7. The molecule has 0 saturated heterocycles. The number of benzene rings is 1. The van der Waals surface area contributed by atoms with E-state index in [1.165, 1.54) is 12.1 Å². The standard InChI is InChI=1S/C29H45NO9/c1-12-29(10,11)39-26(34)36-18(3)17(2)35-23(31)20(30)15-19-13-14-21(37-24(32)27(4,5)6)22(16-19)38-25(33)28(7,8)9/h13-14,16-18,20H,12,15,30H2,1-11H3/t17-,18-,20-/m0/s1. The maximum absolute atomic E-state index is 12.7. The van der Waals surface area contributed by atoms with Crippen molar-refractivity contribution in [3.05, 3.63) is 23.8 Å². The average Bonchev–Trinajstić information content (AvgIpc) is 2.78. The van der Waals surface area contributed by atoms with Gasteiger partial charge in [0.05, 0.1) is 10.8 Å². The van der Waals surface area contributed by atoms with Gasteiger partial charge in [-0.1, -0.05) is 13.0 Å². The molecular formula is C29H45NO9. The molecule has 0 fully saturated rings. The second-order valence-electron chi connectivity index (χ2n) is 12.3. The molecule has 2 N–H and O–H groups in total. The van der Waals surface area contributed by atoms with Gasteiger partial charge in [0.1, 0.15) is 23.9 Å². The van der Waals surface area contributed by atoms with Crippen LogP contribution in [0.3, 0.4) is 0 Å². The van der Waals surface area contributed by atoms with Crippen molar-refractivity contribution >= 4 is 24.1 Å². The van der Waals surface area contributed by atoms with Gasteiger partial charge < -0.3 is 29.4 Å². The quantitative estimate of drug-likeness (QED) is 0.308. The summed E-state index contributed by atoms with van der Waals surface area (Å²) in [4.78, 5) is 49.7. The highest BCUT2D eigenvalue weighted by atomic mass is 16.7. The van der Waals surface area contributed by atoms with Gasteiger partial charge in [0, 0.05) is 0 Å². The molecule has 0 amide bonds. The molecule has 0 bridgehead atoms. The molecular weight excluding hydrogens is 506 g/mol. The molecule has 1 rings (SSSR count). The highest BCUT2D eigenvalue weighted by molar-refractivity contribution is 5.81. The van der Waals surface area contributed by atoms with E-state index in [1.54, 1.807) is 75.3 Å². The molecule has 39 heavy (non-hydrogen) atoms. The normalized spacial score (nSPS) is 14.5. The van der Waals surface area contributed by atoms with E-state index in [-0.39, 0.29) is 17.9 Å². The van der Waals surface area contributed by atoms with E-state index in [0.717, 1.165) is 0 Å². The minimum atomic E-state index is -1.07. The molecule has 0 spiro atoms. The highest BCUT2D eigenvalue weighted by Crippen LogP contribution is 2.33. The largest absolute Gasteiger partial charge is 0.509 e. The predicted molar refractivity (Wildman–Crippen MR) is 145 cm³/mol. The van der Waals surface area contributed by atoms with Gasteiger partial charge in [-0.2, -0.15) is 0 Å². The summed E-state index contributed by atoms with van der Waals surface area (Å²) in [6.45, 7) is 18.8. The molecule has 0 aliphatic rings. The predicted octanol–water partition coefficient (Wildman–Crippen LogP) is 5.12. The average molecular weight is 552 g/mol. The second-order valence-corrected chi connectivity index (χ2v) is 12.3. The van der Waals surface area contributed by atoms with Crippen LogP contribution in [0.2, 0.25) is 0 Å². The Kier molecular flexibility index (Phi) is 11.5. The van der Waals surface area contributed by atoms with Crippen LogP contribution in [0.4, 0.5) is 4.79 Å². The lowest BCUT2D eigenvalue weighted by Crippen LogP contribution is -2.40. The first kappa shape index (κ1) is 33.9. The van der Waals surface area contributed by atoms with Crippen molar-refractivity contribution in [1.82, 2.24) is 0 Å². The van der Waals surface area contributed by atoms with E-state index in [1.807, 2.05) is 6.92 Å². The Hall–Kier alpha value is -3.14. The molecule has 0 heterocycles. The Bertz CT molecular complexity index is 1030. The minimum Gasteiger partial charge on any atom is -0.458 e. The lowest BCUT2D eigenvalue weighted by atomic mass is 9.97. The zero-order chi connectivity index (χ0) is 30.3. The topological polar surface area (TPSA) is 140 Å². The number of rotatable bonds is 10. The van der Waals surface area contributed by atoms with Gasteiger partial charge >= 0.3 is 24.1 Å². The van der Waals surface area contributed by atoms with Crippen LogP contribution >= 0.6 is 0 Å². The third kappa shape index (κ3) is 11.2. The van der Waals surface area contributed by atoms with Crippen molar-refractivity contribution in [3.63, 3.8) is 0 Å². The number of nitrogens with two attached hydrogens (primary N) is 1. The van der Waals surface area contributed by atoms with Gasteiger partial charge in [-0.3, -0.25) is 14.4 Å². The van der Waals surface area contributed by atoms with Gasteiger partial charge in [-0.05, 0) is 99.8 Å². The number of hydrogen-bond acceptors (Lipinski definition) is 10. The molecule has 0 unspecified atom stereocenters. The van der Waals surface area contributed by atoms with Gasteiger partial charge in [-0.15, -0.1) is 0 Å². The highest BCUT2D eigenvalue weighted by Gasteiger charge is 2.30. The summed E-state index contributed by atoms with van der Waals surface area (Å²) < 4.78 is 26.9. The number of carbonyl (C=O) groups excluding carboxylic acids is 4. The summed E-state index contributed by atoms with van der Waals surface area (Å²) in [5, 5.41) is 0. The zero-order valence-corrected chi connectivity index (χ0v) is 25.1. The Morgan fingerprint density at radius 2 is 1.28 bits per heavy atom. The smallest absolute Gasteiger partial charge is 0.458 e. The fraction of sp³-hybridized carbons (Fsp3) is 0.655. The molecule has 0 aliphatic heterocycles. The van der Waals surface area contributed by atoms with Crippen LogP contribution in [0, 0.1) is 10.8 Å². The first-order valence-corrected chi connectivity index (χ1v) is 13.1. The van der Waals surface area contributed by atoms with E-state index in [4.69, 9.17) is 29.4 Å². The van der Waals surface area contributed by atoms with E-state index in [0.29, 0.717) is 12.0 Å². The summed E-state index contributed by atoms with van der Waals surface area (Å²) in [5.41, 5.74) is 4.37. The van der Waals surface area contributed by atoms with E-state index in [9.17, 15) is 19.2 Å². The van der Waals surface area contributed by atoms with Crippen LogP contribution in [0.1, 0.15) is 88.1 Å². The van der Waals surface area contributed by atoms with Gasteiger partial charge in [-0.25, -0.2) is 4.79 Å². The minimum absolute atomic E-state index is 0.0366. The second kappa shape index (κ2) is 13.3. The lowest BCUT2D eigenvalue weighted by molar-refractivity contribution is -0.156. The Morgan fingerprint density at radius 3 is 1.77 bits per heavy atom. The van der Waals surface area contributed by atoms with Crippen molar-refractivity contribution < 1.29 is 42.9 Å². The summed E-state index contributed by atoms with van der Waals surface area (Å²) in [7, 11) is 0.